The van der Waals surface area contributed by atoms with E-state index in [4.69, 9.17) is 11.5 Å². The van der Waals surface area contributed by atoms with Crippen molar-refractivity contribution in [3.05, 3.63) is 17.7 Å². The van der Waals surface area contributed by atoms with Crippen molar-refractivity contribution in [2.45, 2.75) is 39.2 Å². The van der Waals surface area contributed by atoms with Crippen molar-refractivity contribution in [1.82, 2.24) is 9.97 Å². The molecule has 2 N–H and O–H groups in total. The lowest BCUT2D eigenvalue weighted by molar-refractivity contribution is 0.0691. The number of carbonyl (C=O) groups is 1. The first kappa shape index (κ1) is 14.0. The summed E-state index contributed by atoms with van der Waals surface area (Å²) in [4.78, 5) is 19.4. The maximum atomic E-state index is 11.2. The molecule has 1 heterocycles. The number of carboxylic acid groups (broad SMARTS) is 1. The number of nitrogens with zero attached hydrogens (tertiary/aromatic N) is 2. The summed E-state index contributed by atoms with van der Waals surface area (Å²) in [6.45, 7) is 5.73. The van der Waals surface area contributed by atoms with Gasteiger partial charge in [0.15, 0.2) is 5.69 Å². The Morgan fingerprint density at radius 3 is 2.72 bits per heavy atom. The van der Waals surface area contributed by atoms with Crippen molar-refractivity contribution in [2.75, 3.05) is 5.32 Å². The summed E-state index contributed by atoms with van der Waals surface area (Å²) < 4.78 is 0. The van der Waals surface area contributed by atoms with E-state index in [0.29, 0.717) is 17.9 Å². The average molecular weight is 247 g/mol. The predicted octanol–water partition coefficient (Wildman–Crippen LogP) is 2.12. The van der Waals surface area contributed by atoms with Gasteiger partial charge in [0.25, 0.3) is 0 Å². The van der Waals surface area contributed by atoms with Gasteiger partial charge in [-0.25, -0.2) is 14.8 Å². The van der Waals surface area contributed by atoms with Gasteiger partial charge in [-0.15, -0.1) is 6.42 Å². The van der Waals surface area contributed by atoms with Crippen molar-refractivity contribution < 1.29 is 9.90 Å². The molecular weight excluding hydrogens is 230 g/mol. The van der Waals surface area contributed by atoms with Crippen molar-refractivity contribution in [1.29, 1.82) is 0 Å². The van der Waals surface area contributed by atoms with Gasteiger partial charge in [0.05, 0.1) is 17.9 Å². The number of hydrogen-bond acceptors (Lipinski definition) is 4. The molecule has 0 fully saturated rings. The summed E-state index contributed by atoms with van der Waals surface area (Å²) in [5, 5.41) is 12.1. The molecule has 0 spiro atoms. The standard InChI is InChI=1S/C13H17N3O2/c1-5-9(6-2)15-10-7-14-12(8(3)4)16-11(10)13(17)18/h1,7-9,15H,6H2,2-4H3,(H,17,18). The molecule has 1 aromatic heterocycles. The third kappa shape index (κ3) is 3.20. The molecule has 1 rings (SSSR count). The fraction of sp³-hybridized carbons (Fsp3) is 0.462. The maximum absolute atomic E-state index is 11.2. The molecular formula is C13H17N3O2. The van der Waals surface area contributed by atoms with Gasteiger partial charge in [-0.05, 0) is 6.42 Å². The molecule has 1 unspecified atom stereocenters. The minimum Gasteiger partial charge on any atom is -0.476 e. The second-order valence-electron chi connectivity index (χ2n) is 4.22. The van der Waals surface area contributed by atoms with Crippen LogP contribution in [0.15, 0.2) is 6.20 Å². The monoisotopic (exact) mass is 247 g/mol. The van der Waals surface area contributed by atoms with Crippen LogP contribution in [0.3, 0.4) is 0 Å². The number of rotatable bonds is 5. The highest BCUT2D eigenvalue weighted by Gasteiger charge is 2.17. The lowest BCUT2D eigenvalue weighted by Gasteiger charge is -2.14. The van der Waals surface area contributed by atoms with Crippen LogP contribution in [0.4, 0.5) is 5.69 Å². The Bertz CT molecular complexity index is 478. The van der Waals surface area contributed by atoms with Gasteiger partial charge in [0.1, 0.15) is 5.82 Å². The first-order chi connectivity index (χ1) is 8.49. The number of aromatic nitrogens is 2. The van der Waals surface area contributed by atoms with Crippen LogP contribution in [0.1, 0.15) is 49.4 Å². The van der Waals surface area contributed by atoms with Gasteiger partial charge in [-0.1, -0.05) is 26.7 Å². The molecule has 96 valence electrons. The summed E-state index contributed by atoms with van der Waals surface area (Å²) in [5.41, 5.74) is 0.319. The Balaban J connectivity index is 3.12. The number of nitrogens with one attached hydrogen (secondary N) is 1. The second-order valence-corrected chi connectivity index (χ2v) is 4.22. The normalized spacial score (nSPS) is 11.9. The zero-order chi connectivity index (χ0) is 13.7. The van der Waals surface area contributed by atoms with E-state index in [9.17, 15) is 4.79 Å². The van der Waals surface area contributed by atoms with E-state index in [0.717, 1.165) is 0 Å². The fourth-order valence-corrected chi connectivity index (χ4v) is 1.39. The average Bonchev–Trinajstić information content (AvgIpc) is 2.35. The number of aromatic carboxylic acids is 1. The number of hydrogen-bond donors (Lipinski definition) is 2. The van der Waals surface area contributed by atoms with Crippen molar-refractivity contribution in [3.8, 4) is 12.3 Å². The SMILES string of the molecule is C#CC(CC)Nc1cnc(C(C)C)nc1C(=O)O. The van der Waals surface area contributed by atoms with E-state index in [1.165, 1.54) is 6.20 Å². The van der Waals surface area contributed by atoms with Gasteiger partial charge < -0.3 is 10.4 Å². The van der Waals surface area contributed by atoms with Crippen LogP contribution >= 0.6 is 0 Å². The van der Waals surface area contributed by atoms with Gasteiger partial charge in [-0.3, -0.25) is 0 Å². The molecule has 1 aromatic rings. The molecule has 0 saturated heterocycles. The van der Waals surface area contributed by atoms with Crippen molar-refractivity contribution >= 4 is 11.7 Å². The van der Waals surface area contributed by atoms with Gasteiger partial charge in [0.2, 0.25) is 0 Å². The van der Waals surface area contributed by atoms with Crippen LogP contribution in [0.5, 0.6) is 0 Å². The fourth-order valence-electron chi connectivity index (χ4n) is 1.39. The third-order valence-electron chi connectivity index (χ3n) is 2.47. The number of carboxylic acids is 1. The minimum atomic E-state index is -1.09. The van der Waals surface area contributed by atoms with Crippen LogP contribution < -0.4 is 5.32 Å². The lowest BCUT2D eigenvalue weighted by Crippen LogP contribution is -2.20. The van der Waals surface area contributed by atoms with E-state index >= 15 is 0 Å². The van der Waals surface area contributed by atoms with Crippen LogP contribution in [-0.2, 0) is 0 Å². The smallest absolute Gasteiger partial charge is 0.356 e. The predicted molar refractivity (Wildman–Crippen MR) is 69.6 cm³/mol. The first-order valence-electron chi connectivity index (χ1n) is 5.82. The van der Waals surface area contributed by atoms with E-state index < -0.39 is 5.97 Å². The van der Waals surface area contributed by atoms with E-state index in [1.807, 2.05) is 20.8 Å². The molecule has 5 heteroatoms. The molecule has 0 amide bonds. The zero-order valence-corrected chi connectivity index (χ0v) is 10.8. The molecule has 18 heavy (non-hydrogen) atoms. The Kier molecular flexibility index (Phi) is 4.67. The molecule has 0 aliphatic heterocycles. The molecule has 0 aliphatic rings. The molecule has 0 aliphatic carbocycles. The largest absolute Gasteiger partial charge is 0.476 e. The Morgan fingerprint density at radius 2 is 2.28 bits per heavy atom. The molecule has 1 atom stereocenters. The van der Waals surface area contributed by atoms with E-state index in [-0.39, 0.29) is 17.7 Å². The van der Waals surface area contributed by atoms with Crippen LogP contribution in [0.2, 0.25) is 0 Å². The lowest BCUT2D eigenvalue weighted by atomic mass is 10.2. The topological polar surface area (TPSA) is 75.1 Å². The minimum absolute atomic E-state index is 0.0394. The highest BCUT2D eigenvalue weighted by Crippen LogP contribution is 2.17. The molecule has 0 aromatic carbocycles. The Morgan fingerprint density at radius 1 is 1.61 bits per heavy atom. The summed E-state index contributed by atoms with van der Waals surface area (Å²) >= 11 is 0. The van der Waals surface area contributed by atoms with Crippen LogP contribution in [0.25, 0.3) is 0 Å². The summed E-state index contributed by atoms with van der Waals surface area (Å²) in [5.74, 6) is 2.04. The maximum Gasteiger partial charge on any atom is 0.356 e. The van der Waals surface area contributed by atoms with Gasteiger partial charge in [0, 0.05) is 5.92 Å². The molecule has 0 bridgehead atoms. The Hall–Kier alpha value is -2.09. The number of anilines is 1. The van der Waals surface area contributed by atoms with Gasteiger partial charge in [-0.2, -0.15) is 0 Å². The van der Waals surface area contributed by atoms with Crippen LogP contribution in [0, 0.1) is 12.3 Å². The van der Waals surface area contributed by atoms with Gasteiger partial charge >= 0.3 is 5.97 Å². The molecule has 0 radical (unpaired) electrons. The molecule has 0 saturated carbocycles. The quantitative estimate of drug-likeness (QED) is 0.779. The zero-order valence-electron chi connectivity index (χ0n) is 10.8. The highest BCUT2D eigenvalue weighted by atomic mass is 16.4. The van der Waals surface area contributed by atoms with E-state index in [1.54, 1.807) is 0 Å². The first-order valence-corrected chi connectivity index (χ1v) is 5.82. The van der Waals surface area contributed by atoms with Crippen LogP contribution in [-0.4, -0.2) is 27.1 Å². The summed E-state index contributed by atoms with van der Waals surface area (Å²) in [7, 11) is 0. The summed E-state index contributed by atoms with van der Waals surface area (Å²) in [6.07, 6.45) is 7.51. The van der Waals surface area contributed by atoms with Crippen molar-refractivity contribution in [3.63, 3.8) is 0 Å². The van der Waals surface area contributed by atoms with E-state index in [2.05, 4.69) is 21.2 Å². The highest BCUT2D eigenvalue weighted by molar-refractivity contribution is 5.91. The molecule has 5 nitrogen and oxygen atoms in total. The second kappa shape index (κ2) is 6.01. The summed E-state index contributed by atoms with van der Waals surface area (Å²) in [6, 6.07) is -0.225. The van der Waals surface area contributed by atoms with Crippen molar-refractivity contribution in [2.24, 2.45) is 0 Å². The number of terminal acetylenes is 1. The Labute approximate surface area is 107 Å². The third-order valence-corrected chi connectivity index (χ3v) is 2.47.